The number of unbranched alkanes of at least 4 members (excludes halogenated alkanes) is 13. The molecule has 184 valence electrons. The van der Waals surface area contributed by atoms with Gasteiger partial charge in [-0.2, -0.15) is 0 Å². The van der Waals surface area contributed by atoms with Crippen LogP contribution in [0.4, 0.5) is 0 Å². The summed E-state index contributed by atoms with van der Waals surface area (Å²) in [6, 6.07) is 0. The second-order valence-electron chi connectivity index (χ2n) is 8.46. The van der Waals surface area contributed by atoms with Gasteiger partial charge < -0.3 is 14.4 Å². The van der Waals surface area contributed by atoms with Crippen LogP contribution in [0.15, 0.2) is 0 Å². The number of hydrogen-bond acceptors (Lipinski definition) is 4. The van der Waals surface area contributed by atoms with Crippen molar-refractivity contribution in [3.8, 4) is 0 Å². The molecule has 0 atom stereocenters. The molecule has 1 amide bonds. The van der Waals surface area contributed by atoms with Crippen molar-refractivity contribution in [2.24, 2.45) is 0 Å². The first-order chi connectivity index (χ1) is 15.2. The highest BCUT2D eigenvalue weighted by atomic mass is 16.5. The second kappa shape index (κ2) is 23.7. The second-order valence-corrected chi connectivity index (χ2v) is 8.46. The number of ketones is 1. The molecule has 0 heterocycles. The average Bonchev–Trinajstić information content (AvgIpc) is 2.77. The van der Waals surface area contributed by atoms with E-state index in [1.165, 1.54) is 70.6 Å². The van der Waals surface area contributed by atoms with Gasteiger partial charge in [0.15, 0.2) is 0 Å². The lowest BCUT2D eigenvalue weighted by molar-refractivity contribution is -0.145. The first-order valence-electron chi connectivity index (χ1n) is 13.1. The van der Waals surface area contributed by atoms with Crippen molar-refractivity contribution in [2.45, 2.75) is 117 Å². The molecule has 0 spiro atoms. The summed E-state index contributed by atoms with van der Waals surface area (Å²) < 4.78 is 10.7. The molecule has 0 radical (unpaired) electrons. The van der Waals surface area contributed by atoms with Crippen LogP contribution in [-0.2, 0) is 19.1 Å². The minimum atomic E-state index is -0.380. The Labute approximate surface area is 192 Å². The lowest BCUT2D eigenvalue weighted by atomic mass is 10.0. The summed E-state index contributed by atoms with van der Waals surface area (Å²) in [5.74, 6) is -0.652. The van der Waals surface area contributed by atoms with Gasteiger partial charge in [-0.25, -0.2) is 0 Å². The van der Waals surface area contributed by atoms with Gasteiger partial charge in [-0.05, 0) is 20.3 Å². The first-order valence-corrected chi connectivity index (χ1v) is 13.1. The molecule has 0 aliphatic carbocycles. The molecule has 0 N–H and O–H groups in total. The van der Waals surface area contributed by atoms with Crippen molar-refractivity contribution in [2.75, 3.05) is 39.5 Å². The Kier molecular flexibility index (Phi) is 23.0. The van der Waals surface area contributed by atoms with Gasteiger partial charge in [-0.1, -0.05) is 90.4 Å². The van der Waals surface area contributed by atoms with Gasteiger partial charge in [0.25, 0.3) is 5.91 Å². The maximum atomic E-state index is 12.5. The van der Waals surface area contributed by atoms with Gasteiger partial charge in [0.2, 0.25) is 5.78 Å². The topological polar surface area (TPSA) is 55.8 Å². The molecule has 0 saturated carbocycles. The fraction of sp³-hybridized carbons (Fsp3) is 0.923. The molecule has 0 rings (SSSR count). The number of hydrogen-bond donors (Lipinski definition) is 0. The SMILES string of the molecule is CCCCCCCCCCCCCCCCC(=O)C(=O)N(CCOCC)CCOCC. The Hall–Kier alpha value is -0.940. The molecular formula is C26H51NO4. The van der Waals surface area contributed by atoms with Crippen LogP contribution in [0.1, 0.15) is 117 Å². The fourth-order valence-electron chi connectivity index (χ4n) is 3.72. The van der Waals surface area contributed by atoms with E-state index >= 15 is 0 Å². The molecule has 0 unspecified atom stereocenters. The number of nitrogens with zero attached hydrogens (tertiary/aromatic N) is 1. The highest BCUT2D eigenvalue weighted by molar-refractivity contribution is 6.36. The molecule has 0 aliphatic heterocycles. The molecule has 0 aliphatic rings. The minimum absolute atomic E-state index is 0.271. The normalized spacial score (nSPS) is 11.1. The Bertz CT molecular complexity index is 404. The standard InChI is InChI=1S/C26H51NO4/c1-4-7-8-9-10-11-12-13-14-15-16-17-18-19-20-25(28)26(29)27(21-23-30-5-2)22-24-31-6-3/h4-24H2,1-3H3. The van der Waals surface area contributed by atoms with E-state index in [2.05, 4.69) is 6.92 Å². The van der Waals surface area contributed by atoms with Crippen molar-refractivity contribution in [3.05, 3.63) is 0 Å². The first kappa shape index (κ1) is 30.1. The highest BCUT2D eigenvalue weighted by Crippen LogP contribution is 2.13. The number of Topliss-reactive ketones (excluding diaryl/α,β-unsaturated/α-hetero) is 1. The molecule has 0 fully saturated rings. The molecule has 0 aromatic carbocycles. The molecule has 0 aromatic rings. The van der Waals surface area contributed by atoms with Crippen LogP contribution >= 0.6 is 0 Å². The molecule has 5 heteroatoms. The van der Waals surface area contributed by atoms with Gasteiger partial charge in [-0.15, -0.1) is 0 Å². The monoisotopic (exact) mass is 441 g/mol. The average molecular weight is 442 g/mol. The van der Waals surface area contributed by atoms with Crippen LogP contribution in [-0.4, -0.2) is 56.1 Å². The smallest absolute Gasteiger partial charge is 0.290 e. The number of ether oxygens (including phenoxy) is 2. The summed E-state index contributed by atoms with van der Waals surface area (Å²) in [6.07, 6.45) is 18.3. The van der Waals surface area contributed by atoms with Crippen molar-refractivity contribution in [1.29, 1.82) is 0 Å². The van der Waals surface area contributed by atoms with E-state index in [-0.39, 0.29) is 11.7 Å². The zero-order valence-corrected chi connectivity index (χ0v) is 20.9. The molecule has 31 heavy (non-hydrogen) atoms. The molecule has 0 bridgehead atoms. The predicted molar refractivity (Wildman–Crippen MR) is 130 cm³/mol. The third-order valence-electron chi connectivity index (χ3n) is 5.70. The summed E-state index contributed by atoms with van der Waals surface area (Å²) in [6.45, 7) is 9.15. The number of amides is 1. The summed E-state index contributed by atoms with van der Waals surface area (Å²) in [7, 11) is 0. The van der Waals surface area contributed by atoms with Gasteiger partial charge in [0.05, 0.1) is 13.2 Å². The lowest BCUT2D eigenvalue weighted by Gasteiger charge is -2.21. The van der Waals surface area contributed by atoms with Gasteiger partial charge in [0.1, 0.15) is 0 Å². The van der Waals surface area contributed by atoms with E-state index in [9.17, 15) is 9.59 Å². The van der Waals surface area contributed by atoms with Crippen molar-refractivity contribution in [3.63, 3.8) is 0 Å². The maximum Gasteiger partial charge on any atom is 0.290 e. The van der Waals surface area contributed by atoms with Crippen LogP contribution in [0.2, 0.25) is 0 Å². The third-order valence-corrected chi connectivity index (χ3v) is 5.70. The van der Waals surface area contributed by atoms with Crippen LogP contribution in [0, 0.1) is 0 Å². The van der Waals surface area contributed by atoms with Crippen molar-refractivity contribution in [1.82, 2.24) is 4.90 Å². The largest absolute Gasteiger partial charge is 0.380 e. The molecule has 0 aromatic heterocycles. The Morgan fingerprint density at radius 2 is 0.968 bits per heavy atom. The van der Waals surface area contributed by atoms with E-state index in [1.807, 2.05) is 13.8 Å². The predicted octanol–water partition coefficient (Wildman–Crippen LogP) is 6.33. The fourth-order valence-corrected chi connectivity index (χ4v) is 3.72. The molecule has 0 saturated heterocycles. The lowest BCUT2D eigenvalue weighted by Crippen LogP contribution is -2.40. The van der Waals surface area contributed by atoms with Gasteiger partial charge in [0, 0.05) is 32.7 Å². The van der Waals surface area contributed by atoms with Crippen LogP contribution in [0.3, 0.4) is 0 Å². The van der Waals surface area contributed by atoms with Crippen LogP contribution < -0.4 is 0 Å². The van der Waals surface area contributed by atoms with E-state index in [0.29, 0.717) is 45.9 Å². The Morgan fingerprint density at radius 3 is 1.35 bits per heavy atom. The number of rotatable bonds is 24. The third kappa shape index (κ3) is 19.5. The van der Waals surface area contributed by atoms with E-state index < -0.39 is 0 Å². The number of carbonyl (C=O) groups excluding carboxylic acids is 2. The number of carbonyl (C=O) groups is 2. The zero-order chi connectivity index (χ0) is 23.0. The zero-order valence-electron chi connectivity index (χ0n) is 20.9. The molecular weight excluding hydrogens is 390 g/mol. The van der Waals surface area contributed by atoms with E-state index in [0.717, 1.165) is 19.3 Å². The van der Waals surface area contributed by atoms with Crippen molar-refractivity contribution >= 4 is 11.7 Å². The minimum Gasteiger partial charge on any atom is -0.380 e. The summed E-state index contributed by atoms with van der Waals surface area (Å²) in [4.78, 5) is 26.3. The van der Waals surface area contributed by atoms with E-state index in [4.69, 9.17) is 9.47 Å². The Balaban J connectivity index is 3.72. The van der Waals surface area contributed by atoms with Gasteiger partial charge in [-0.3, -0.25) is 9.59 Å². The van der Waals surface area contributed by atoms with Crippen LogP contribution in [0.25, 0.3) is 0 Å². The van der Waals surface area contributed by atoms with Crippen molar-refractivity contribution < 1.29 is 19.1 Å². The Morgan fingerprint density at radius 1 is 0.581 bits per heavy atom. The quantitative estimate of drug-likeness (QED) is 0.130. The summed E-state index contributed by atoms with van der Waals surface area (Å²) in [5.41, 5.74) is 0. The maximum absolute atomic E-state index is 12.5. The molecule has 5 nitrogen and oxygen atoms in total. The van der Waals surface area contributed by atoms with E-state index in [1.54, 1.807) is 4.90 Å². The summed E-state index contributed by atoms with van der Waals surface area (Å²) >= 11 is 0. The van der Waals surface area contributed by atoms with Crippen LogP contribution in [0.5, 0.6) is 0 Å². The summed E-state index contributed by atoms with van der Waals surface area (Å²) in [5, 5.41) is 0. The van der Waals surface area contributed by atoms with Gasteiger partial charge >= 0.3 is 0 Å². The highest BCUT2D eigenvalue weighted by Gasteiger charge is 2.20.